The summed E-state index contributed by atoms with van der Waals surface area (Å²) >= 11 is 0. The van der Waals surface area contributed by atoms with E-state index in [0.29, 0.717) is 12.5 Å². The van der Waals surface area contributed by atoms with Gasteiger partial charge in [-0.1, -0.05) is 0 Å². The normalized spacial score (nSPS) is 27.9. The predicted molar refractivity (Wildman–Crippen MR) is 66.9 cm³/mol. The molecule has 4 nitrogen and oxygen atoms in total. The number of hydrogen-bond acceptors (Lipinski definition) is 3. The fourth-order valence-corrected chi connectivity index (χ4v) is 2.76. The van der Waals surface area contributed by atoms with E-state index in [4.69, 9.17) is 4.74 Å². The van der Waals surface area contributed by atoms with Gasteiger partial charge >= 0.3 is 0 Å². The first-order chi connectivity index (χ1) is 8.24. The summed E-state index contributed by atoms with van der Waals surface area (Å²) in [6.45, 7) is 2.09. The number of carbonyl (C=O) groups excluding carboxylic acids is 1. The number of rotatable bonds is 4. The third-order valence-electron chi connectivity index (χ3n) is 4.12. The summed E-state index contributed by atoms with van der Waals surface area (Å²) in [5, 5.41) is 6.51. The molecule has 2 N–H and O–H groups in total. The van der Waals surface area contributed by atoms with E-state index < -0.39 is 0 Å². The molecule has 0 radical (unpaired) electrons. The van der Waals surface area contributed by atoms with Gasteiger partial charge in [0.1, 0.15) is 0 Å². The highest BCUT2D eigenvalue weighted by Gasteiger charge is 2.39. The predicted octanol–water partition coefficient (Wildman–Crippen LogP) is 1.20. The summed E-state index contributed by atoms with van der Waals surface area (Å²) in [4.78, 5) is 12.0. The van der Waals surface area contributed by atoms with E-state index in [9.17, 15) is 4.79 Å². The van der Waals surface area contributed by atoms with Gasteiger partial charge in [-0.25, -0.2) is 0 Å². The lowest BCUT2D eigenvalue weighted by molar-refractivity contribution is -0.135. The summed E-state index contributed by atoms with van der Waals surface area (Å²) < 4.78 is 5.49. The Morgan fingerprint density at radius 2 is 2.18 bits per heavy atom. The van der Waals surface area contributed by atoms with Crippen molar-refractivity contribution in [2.24, 2.45) is 0 Å². The second-order valence-corrected chi connectivity index (χ2v) is 5.36. The maximum atomic E-state index is 12.0. The van der Waals surface area contributed by atoms with E-state index in [1.54, 1.807) is 7.11 Å². The van der Waals surface area contributed by atoms with Crippen LogP contribution in [0.4, 0.5) is 0 Å². The van der Waals surface area contributed by atoms with E-state index in [-0.39, 0.29) is 11.5 Å². The first-order valence-corrected chi connectivity index (χ1v) is 6.79. The molecule has 0 aromatic carbocycles. The van der Waals surface area contributed by atoms with Crippen molar-refractivity contribution in [3.8, 4) is 0 Å². The second-order valence-electron chi connectivity index (χ2n) is 5.36. The minimum atomic E-state index is -0.146. The SMILES string of the molecule is COC1(CC(=O)NC2CCCNCC2)CCC1. The van der Waals surface area contributed by atoms with E-state index in [0.717, 1.165) is 45.2 Å². The van der Waals surface area contributed by atoms with Gasteiger partial charge in [-0.15, -0.1) is 0 Å². The molecule has 0 bridgehead atoms. The fourth-order valence-electron chi connectivity index (χ4n) is 2.76. The average Bonchev–Trinajstić information content (AvgIpc) is 2.52. The van der Waals surface area contributed by atoms with Gasteiger partial charge < -0.3 is 15.4 Å². The molecule has 0 aromatic rings. The Hall–Kier alpha value is -0.610. The van der Waals surface area contributed by atoms with Crippen LogP contribution in [0.2, 0.25) is 0 Å². The third kappa shape index (κ3) is 3.42. The number of amides is 1. The van der Waals surface area contributed by atoms with Crippen molar-refractivity contribution in [3.63, 3.8) is 0 Å². The zero-order chi connectivity index (χ0) is 12.1. The van der Waals surface area contributed by atoms with E-state index in [1.165, 1.54) is 6.42 Å². The highest BCUT2D eigenvalue weighted by atomic mass is 16.5. The molecule has 1 aliphatic carbocycles. The van der Waals surface area contributed by atoms with Gasteiger partial charge in [0.15, 0.2) is 0 Å². The van der Waals surface area contributed by atoms with Crippen LogP contribution >= 0.6 is 0 Å². The van der Waals surface area contributed by atoms with Crippen molar-refractivity contribution in [1.82, 2.24) is 10.6 Å². The quantitative estimate of drug-likeness (QED) is 0.776. The molecule has 0 aromatic heterocycles. The summed E-state index contributed by atoms with van der Waals surface area (Å²) in [7, 11) is 1.72. The molecule has 1 amide bonds. The smallest absolute Gasteiger partial charge is 0.223 e. The number of carbonyl (C=O) groups is 1. The number of methoxy groups -OCH3 is 1. The lowest BCUT2D eigenvalue weighted by Crippen LogP contribution is -2.46. The minimum absolute atomic E-state index is 0.146. The van der Waals surface area contributed by atoms with Crippen LogP contribution in [0.15, 0.2) is 0 Å². The van der Waals surface area contributed by atoms with Crippen molar-refractivity contribution in [2.45, 2.75) is 56.6 Å². The van der Waals surface area contributed by atoms with Gasteiger partial charge in [0, 0.05) is 13.2 Å². The molecule has 98 valence electrons. The van der Waals surface area contributed by atoms with Crippen LogP contribution < -0.4 is 10.6 Å². The van der Waals surface area contributed by atoms with Crippen molar-refractivity contribution >= 4 is 5.91 Å². The zero-order valence-corrected chi connectivity index (χ0v) is 10.8. The standard InChI is InChI=1S/C13H24N2O2/c1-17-13(6-3-7-13)10-12(16)15-11-4-2-8-14-9-5-11/h11,14H,2-10H2,1H3,(H,15,16). The number of ether oxygens (including phenoxy) is 1. The maximum Gasteiger partial charge on any atom is 0.223 e. The van der Waals surface area contributed by atoms with E-state index in [2.05, 4.69) is 10.6 Å². The molecule has 1 saturated carbocycles. The first-order valence-electron chi connectivity index (χ1n) is 6.79. The van der Waals surface area contributed by atoms with Crippen LogP contribution in [-0.4, -0.2) is 37.7 Å². The lowest BCUT2D eigenvalue weighted by atomic mass is 9.77. The Labute approximate surface area is 103 Å². The molecule has 1 aliphatic heterocycles. The van der Waals surface area contributed by atoms with Gasteiger partial charge in [-0.05, 0) is 51.6 Å². The fraction of sp³-hybridized carbons (Fsp3) is 0.923. The summed E-state index contributed by atoms with van der Waals surface area (Å²) in [5.74, 6) is 0.165. The van der Waals surface area contributed by atoms with Gasteiger partial charge in [0.05, 0.1) is 12.0 Å². The Bertz CT molecular complexity index is 251. The zero-order valence-electron chi connectivity index (χ0n) is 10.8. The van der Waals surface area contributed by atoms with Crippen LogP contribution in [0.5, 0.6) is 0 Å². The maximum absolute atomic E-state index is 12.0. The van der Waals surface area contributed by atoms with Gasteiger partial charge in [-0.3, -0.25) is 4.79 Å². The van der Waals surface area contributed by atoms with Crippen LogP contribution in [0.1, 0.15) is 44.9 Å². The molecule has 17 heavy (non-hydrogen) atoms. The van der Waals surface area contributed by atoms with Crippen molar-refractivity contribution in [3.05, 3.63) is 0 Å². The van der Waals surface area contributed by atoms with Crippen LogP contribution in [0.3, 0.4) is 0 Å². The van der Waals surface area contributed by atoms with Crippen LogP contribution in [0.25, 0.3) is 0 Å². The molecule has 1 atom stereocenters. The molecule has 1 unspecified atom stereocenters. The highest BCUT2D eigenvalue weighted by molar-refractivity contribution is 5.77. The van der Waals surface area contributed by atoms with Gasteiger partial charge in [-0.2, -0.15) is 0 Å². The largest absolute Gasteiger partial charge is 0.378 e. The van der Waals surface area contributed by atoms with Crippen LogP contribution in [-0.2, 0) is 9.53 Å². The molecular weight excluding hydrogens is 216 g/mol. The van der Waals surface area contributed by atoms with Crippen molar-refractivity contribution in [1.29, 1.82) is 0 Å². The summed E-state index contributed by atoms with van der Waals surface area (Å²) in [6.07, 6.45) is 7.08. The average molecular weight is 240 g/mol. The Balaban J connectivity index is 1.76. The topological polar surface area (TPSA) is 50.4 Å². The molecule has 2 rings (SSSR count). The molecular formula is C13H24N2O2. The molecule has 1 heterocycles. The van der Waals surface area contributed by atoms with Gasteiger partial charge in [0.2, 0.25) is 5.91 Å². The lowest BCUT2D eigenvalue weighted by Gasteiger charge is -2.40. The van der Waals surface area contributed by atoms with Crippen molar-refractivity contribution in [2.75, 3.05) is 20.2 Å². The summed E-state index contributed by atoms with van der Waals surface area (Å²) in [6, 6.07) is 0.353. The molecule has 0 spiro atoms. The Kier molecular flexibility index (Phi) is 4.40. The Morgan fingerprint density at radius 3 is 2.82 bits per heavy atom. The Morgan fingerprint density at radius 1 is 1.35 bits per heavy atom. The molecule has 2 aliphatic rings. The second kappa shape index (κ2) is 5.83. The first kappa shape index (κ1) is 12.8. The van der Waals surface area contributed by atoms with Gasteiger partial charge in [0.25, 0.3) is 0 Å². The third-order valence-corrected chi connectivity index (χ3v) is 4.12. The van der Waals surface area contributed by atoms with E-state index >= 15 is 0 Å². The van der Waals surface area contributed by atoms with Crippen LogP contribution in [0, 0.1) is 0 Å². The monoisotopic (exact) mass is 240 g/mol. The molecule has 2 fully saturated rings. The summed E-state index contributed by atoms with van der Waals surface area (Å²) in [5.41, 5.74) is -0.146. The minimum Gasteiger partial charge on any atom is -0.378 e. The number of nitrogens with one attached hydrogen (secondary N) is 2. The van der Waals surface area contributed by atoms with E-state index in [1.807, 2.05) is 0 Å². The van der Waals surface area contributed by atoms with Crippen molar-refractivity contribution < 1.29 is 9.53 Å². The molecule has 4 heteroatoms. The molecule has 1 saturated heterocycles. The highest BCUT2D eigenvalue weighted by Crippen LogP contribution is 2.37. The number of hydrogen-bond donors (Lipinski definition) is 2.